The van der Waals surface area contributed by atoms with Crippen LogP contribution in [0.5, 0.6) is 0 Å². The highest BCUT2D eigenvalue weighted by Gasteiger charge is 2.29. The molecule has 7 nitrogen and oxygen atoms in total. The summed E-state index contributed by atoms with van der Waals surface area (Å²) in [4.78, 5) is 36.3. The van der Waals surface area contributed by atoms with Crippen LogP contribution in [0.2, 0.25) is 0 Å². The predicted molar refractivity (Wildman–Crippen MR) is 78.7 cm³/mol. The quantitative estimate of drug-likeness (QED) is 0.582. The van der Waals surface area contributed by atoms with Gasteiger partial charge in [-0.3, -0.25) is 10.0 Å². The van der Waals surface area contributed by atoms with Crippen molar-refractivity contribution >= 4 is 18.0 Å². The molecule has 0 radical (unpaired) electrons. The lowest BCUT2D eigenvalue weighted by Crippen LogP contribution is -2.51. The molecule has 0 rings (SSSR count). The molecule has 0 saturated heterocycles. The Morgan fingerprint density at radius 2 is 1.67 bits per heavy atom. The Balaban J connectivity index is 4.68. The summed E-state index contributed by atoms with van der Waals surface area (Å²) in [6.07, 6.45) is 1.49. The molecule has 0 heterocycles. The number of urea groups is 2. The molecule has 0 aromatic carbocycles. The lowest BCUT2D eigenvalue weighted by molar-refractivity contribution is -0.154. The normalized spacial score (nSPS) is 10.7. The van der Waals surface area contributed by atoms with Gasteiger partial charge in [-0.2, -0.15) is 0 Å². The van der Waals surface area contributed by atoms with E-state index < -0.39 is 18.0 Å². The fraction of sp³-hybridized carbons (Fsp3) is 0.786. The zero-order valence-corrected chi connectivity index (χ0v) is 13.5. The summed E-state index contributed by atoms with van der Waals surface area (Å²) in [7, 11) is 1.38. The molecule has 7 heteroatoms. The van der Waals surface area contributed by atoms with Crippen molar-refractivity contribution < 1.29 is 19.6 Å². The second kappa shape index (κ2) is 9.33. The minimum Gasteiger partial charge on any atom is -0.341 e. The topological polar surface area (TPSA) is 90.0 Å². The Bertz CT molecular complexity index is 369. The van der Waals surface area contributed by atoms with E-state index in [1.165, 1.54) is 7.05 Å². The Hall–Kier alpha value is -1.63. The van der Waals surface area contributed by atoms with Gasteiger partial charge in [0.1, 0.15) is 0 Å². The fourth-order valence-electron chi connectivity index (χ4n) is 1.74. The van der Waals surface area contributed by atoms with Gasteiger partial charge in [-0.1, -0.05) is 34.1 Å². The molecule has 0 atom stereocenters. The van der Waals surface area contributed by atoms with Crippen LogP contribution in [-0.4, -0.2) is 46.7 Å². The molecule has 0 aliphatic rings. The molecular weight excluding hydrogens is 274 g/mol. The Kier molecular flexibility index (Phi) is 8.61. The summed E-state index contributed by atoms with van der Waals surface area (Å²) in [5.41, 5.74) is 0. The van der Waals surface area contributed by atoms with E-state index in [-0.39, 0.29) is 23.9 Å². The van der Waals surface area contributed by atoms with Crippen LogP contribution in [-0.2, 0) is 4.79 Å². The lowest BCUT2D eigenvalue weighted by Gasteiger charge is -2.25. The molecule has 0 aromatic heterocycles. The van der Waals surface area contributed by atoms with E-state index in [4.69, 9.17) is 0 Å². The minimum atomic E-state index is -1.02. The largest absolute Gasteiger partial charge is 0.359 e. The third-order valence-electron chi connectivity index (χ3n) is 2.83. The van der Waals surface area contributed by atoms with Gasteiger partial charge in [-0.15, -0.1) is 5.06 Å². The van der Waals surface area contributed by atoms with Crippen molar-refractivity contribution in [3.8, 4) is 0 Å². The third kappa shape index (κ3) is 7.08. The molecule has 0 aromatic rings. The Morgan fingerprint density at radius 3 is 2.10 bits per heavy atom. The maximum atomic E-state index is 12.0. The van der Waals surface area contributed by atoms with Crippen molar-refractivity contribution in [2.24, 2.45) is 11.8 Å². The van der Waals surface area contributed by atoms with Gasteiger partial charge in [0.25, 0.3) is 5.91 Å². The first-order chi connectivity index (χ1) is 9.70. The van der Waals surface area contributed by atoms with Crippen LogP contribution in [0, 0.1) is 11.8 Å². The second-order valence-electron chi connectivity index (χ2n) is 5.83. The fourth-order valence-corrected chi connectivity index (χ4v) is 1.74. The van der Waals surface area contributed by atoms with Crippen LogP contribution < -0.4 is 5.32 Å². The zero-order chi connectivity index (χ0) is 16.6. The molecule has 0 unspecified atom stereocenters. The van der Waals surface area contributed by atoms with E-state index >= 15 is 0 Å². The number of nitrogens with one attached hydrogen (secondary N) is 1. The number of nitrogens with zero attached hydrogens (tertiary/aromatic N) is 2. The number of carbonyl (C=O) groups is 3. The van der Waals surface area contributed by atoms with Gasteiger partial charge in [0.05, 0.1) is 0 Å². The van der Waals surface area contributed by atoms with E-state index in [1.807, 2.05) is 27.7 Å². The van der Waals surface area contributed by atoms with E-state index in [0.29, 0.717) is 12.3 Å². The maximum absolute atomic E-state index is 12.0. The number of imide groups is 2. The SMILES string of the molecule is CNC(=O)N(CC(C)C)C(=O)N(O)C(=O)CCCC(C)C. The first kappa shape index (κ1) is 19.4. The summed E-state index contributed by atoms with van der Waals surface area (Å²) in [6.45, 7) is 7.84. The van der Waals surface area contributed by atoms with Crippen LogP contribution in [0.3, 0.4) is 0 Å². The van der Waals surface area contributed by atoms with Gasteiger partial charge in [0.2, 0.25) is 0 Å². The smallest absolute Gasteiger partial charge is 0.341 e. The highest BCUT2D eigenvalue weighted by atomic mass is 16.5. The predicted octanol–water partition coefficient (Wildman–Crippen LogP) is 2.45. The van der Waals surface area contributed by atoms with E-state index in [0.717, 1.165) is 11.3 Å². The average Bonchev–Trinajstić information content (AvgIpc) is 2.41. The first-order valence-electron chi connectivity index (χ1n) is 7.25. The molecule has 0 spiro atoms. The molecule has 2 N–H and O–H groups in total. The summed E-state index contributed by atoms with van der Waals surface area (Å²) >= 11 is 0. The number of hydrogen-bond acceptors (Lipinski definition) is 4. The Labute approximate surface area is 126 Å². The number of amides is 5. The summed E-state index contributed by atoms with van der Waals surface area (Å²) in [5.74, 6) is -0.224. The molecule has 0 bridgehead atoms. The standard InChI is InChI=1S/C14H27N3O4/c1-10(2)7-6-8-12(18)17(21)14(20)16(9-11(3)4)13(19)15-5/h10-11,21H,6-9H2,1-5H3,(H,15,19). The monoisotopic (exact) mass is 301 g/mol. The van der Waals surface area contributed by atoms with Crippen molar-refractivity contribution in [2.45, 2.75) is 47.0 Å². The van der Waals surface area contributed by atoms with Gasteiger partial charge in [0, 0.05) is 20.0 Å². The molecule has 0 fully saturated rings. The first-order valence-corrected chi connectivity index (χ1v) is 7.25. The maximum Gasteiger partial charge on any atom is 0.359 e. The van der Waals surface area contributed by atoms with E-state index in [9.17, 15) is 19.6 Å². The summed E-state index contributed by atoms with van der Waals surface area (Å²) < 4.78 is 0. The number of rotatable bonds is 6. The molecular formula is C14H27N3O4. The summed E-state index contributed by atoms with van der Waals surface area (Å²) in [6, 6.07) is -1.67. The molecule has 21 heavy (non-hydrogen) atoms. The van der Waals surface area contributed by atoms with Crippen molar-refractivity contribution in [3.05, 3.63) is 0 Å². The van der Waals surface area contributed by atoms with Crippen LogP contribution >= 0.6 is 0 Å². The van der Waals surface area contributed by atoms with Crippen molar-refractivity contribution in [2.75, 3.05) is 13.6 Å². The molecule has 0 saturated carbocycles. The van der Waals surface area contributed by atoms with Gasteiger partial charge in [-0.25, -0.2) is 14.5 Å². The number of hydroxylamine groups is 2. The van der Waals surface area contributed by atoms with Gasteiger partial charge in [-0.05, 0) is 18.3 Å². The summed E-state index contributed by atoms with van der Waals surface area (Å²) in [5, 5.41) is 12.1. The molecule has 5 amide bonds. The van der Waals surface area contributed by atoms with Gasteiger partial charge < -0.3 is 5.32 Å². The highest BCUT2D eigenvalue weighted by molar-refractivity contribution is 6.00. The molecule has 0 aliphatic heterocycles. The van der Waals surface area contributed by atoms with Crippen molar-refractivity contribution in [1.82, 2.24) is 15.3 Å². The van der Waals surface area contributed by atoms with E-state index in [2.05, 4.69) is 5.32 Å². The second-order valence-corrected chi connectivity index (χ2v) is 5.83. The minimum absolute atomic E-state index is 0.0238. The van der Waals surface area contributed by atoms with Gasteiger partial charge in [0.15, 0.2) is 0 Å². The van der Waals surface area contributed by atoms with E-state index in [1.54, 1.807) is 0 Å². The van der Waals surface area contributed by atoms with Crippen LogP contribution in [0.1, 0.15) is 47.0 Å². The molecule has 122 valence electrons. The lowest BCUT2D eigenvalue weighted by atomic mass is 10.1. The zero-order valence-electron chi connectivity index (χ0n) is 13.5. The van der Waals surface area contributed by atoms with Crippen molar-refractivity contribution in [3.63, 3.8) is 0 Å². The number of hydrogen-bond donors (Lipinski definition) is 2. The van der Waals surface area contributed by atoms with Crippen LogP contribution in [0.25, 0.3) is 0 Å². The molecule has 0 aliphatic carbocycles. The number of carbonyl (C=O) groups excluding carboxylic acids is 3. The highest BCUT2D eigenvalue weighted by Crippen LogP contribution is 2.09. The van der Waals surface area contributed by atoms with Gasteiger partial charge >= 0.3 is 12.1 Å². The third-order valence-corrected chi connectivity index (χ3v) is 2.83. The van der Waals surface area contributed by atoms with Crippen LogP contribution in [0.4, 0.5) is 9.59 Å². The van der Waals surface area contributed by atoms with Crippen molar-refractivity contribution in [1.29, 1.82) is 0 Å². The Morgan fingerprint density at radius 1 is 1.10 bits per heavy atom. The average molecular weight is 301 g/mol. The van der Waals surface area contributed by atoms with Crippen LogP contribution in [0.15, 0.2) is 0 Å².